The zero-order chi connectivity index (χ0) is 20.0. The maximum absolute atomic E-state index is 13.0. The number of thioether (sulfide) groups is 2. The van der Waals surface area contributed by atoms with Crippen molar-refractivity contribution < 1.29 is 9.59 Å². The first kappa shape index (κ1) is 18.7. The number of aryl methyl sites for hydroxylation is 1. The summed E-state index contributed by atoms with van der Waals surface area (Å²) in [5.41, 5.74) is 3.11. The summed E-state index contributed by atoms with van der Waals surface area (Å²) in [7, 11) is 0. The van der Waals surface area contributed by atoms with Crippen LogP contribution in [0, 0.1) is 6.92 Å². The van der Waals surface area contributed by atoms with E-state index in [1.54, 1.807) is 6.20 Å². The van der Waals surface area contributed by atoms with Gasteiger partial charge in [0, 0.05) is 34.9 Å². The molecule has 150 valence electrons. The Labute approximate surface area is 177 Å². The standard InChI is InChI=1S/C20H21N5O2S2/c1-12-10-22-16(11-21-12)24-19(27)23-14-4-2-3-13-17(14)15-9-20(28-7-8-29-20)5-6-25(15)18(13)26/h2-4,10-11,15H,5-9H2,1H3,(H2,22,23,24,27). The molecule has 0 saturated carbocycles. The summed E-state index contributed by atoms with van der Waals surface area (Å²) >= 11 is 4.05. The van der Waals surface area contributed by atoms with Crippen LogP contribution in [-0.4, -0.2) is 48.9 Å². The number of aromatic nitrogens is 2. The number of urea groups is 1. The Morgan fingerprint density at radius 2 is 2.03 bits per heavy atom. The summed E-state index contributed by atoms with van der Waals surface area (Å²) in [6, 6.07) is 5.18. The van der Waals surface area contributed by atoms with E-state index in [0.717, 1.165) is 42.1 Å². The number of carbonyl (C=O) groups excluding carboxylic acids is 2. The zero-order valence-corrected chi connectivity index (χ0v) is 17.6. The first-order valence-electron chi connectivity index (χ1n) is 9.63. The molecule has 3 aliphatic rings. The molecule has 0 bridgehead atoms. The van der Waals surface area contributed by atoms with Gasteiger partial charge in [0.2, 0.25) is 0 Å². The number of nitrogens with zero attached hydrogens (tertiary/aromatic N) is 3. The van der Waals surface area contributed by atoms with Gasteiger partial charge >= 0.3 is 6.03 Å². The summed E-state index contributed by atoms with van der Waals surface area (Å²) in [6.07, 6.45) is 5.07. The quantitative estimate of drug-likeness (QED) is 0.756. The molecule has 1 aromatic carbocycles. The van der Waals surface area contributed by atoms with Gasteiger partial charge in [0.25, 0.3) is 5.91 Å². The van der Waals surface area contributed by atoms with Crippen molar-refractivity contribution in [2.24, 2.45) is 0 Å². The van der Waals surface area contributed by atoms with Gasteiger partial charge in [0.15, 0.2) is 5.82 Å². The van der Waals surface area contributed by atoms with E-state index in [1.807, 2.05) is 53.5 Å². The fourth-order valence-electron chi connectivity index (χ4n) is 4.32. The Morgan fingerprint density at radius 1 is 1.21 bits per heavy atom. The summed E-state index contributed by atoms with van der Waals surface area (Å²) < 4.78 is 0.190. The predicted molar refractivity (Wildman–Crippen MR) is 117 cm³/mol. The van der Waals surface area contributed by atoms with Crippen LogP contribution in [0.15, 0.2) is 30.6 Å². The van der Waals surface area contributed by atoms with Crippen molar-refractivity contribution in [3.8, 4) is 0 Å². The van der Waals surface area contributed by atoms with Crippen molar-refractivity contribution in [2.75, 3.05) is 28.7 Å². The molecule has 1 atom stereocenters. The number of hydrogen-bond acceptors (Lipinski definition) is 6. The highest BCUT2D eigenvalue weighted by Gasteiger charge is 2.49. The minimum atomic E-state index is -0.391. The SMILES string of the molecule is Cc1cnc(NC(=O)Nc2cccc3c2C2CC4(CCN2C3=O)SCCS4)cn1. The Morgan fingerprint density at radius 3 is 2.79 bits per heavy atom. The van der Waals surface area contributed by atoms with Gasteiger partial charge in [-0.05, 0) is 31.9 Å². The lowest BCUT2D eigenvalue weighted by molar-refractivity contribution is 0.0669. The summed E-state index contributed by atoms with van der Waals surface area (Å²) in [6.45, 7) is 2.60. The zero-order valence-electron chi connectivity index (χ0n) is 16.0. The third kappa shape index (κ3) is 3.36. The van der Waals surface area contributed by atoms with Gasteiger partial charge in [-0.15, -0.1) is 23.5 Å². The van der Waals surface area contributed by atoms with E-state index < -0.39 is 6.03 Å². The topological polar surface area (TPSA) is 87.2 Å². The number of hydrogen-bond donors (Lipinski definition) is 2. The molecule has 4 heterocycles. The van der Waals surface area contributed by atoms with E-state index in [0.29, 0.717) is 17.1 Å². The number of fused-ring (bicyclic) bond motifs is 3. The van der Waals surface area contributed by atoms with E-state index in [-0.39, 0.29) is 16.0 Å². The normalized spacial score (nSPS) is 21.8. The molecule has 1 unspecified atom stereocenters. The monoisotopic (exact) mass is 427 g/mol. The summed E-state index contributed by atoms with van der Waals surface area (Å²) in [5.74, 6) is 2.78. The van der Waals surface area contributed by atoms with Crippen molar-refractivity contribution in [3.05, 3.63) is 47.4 Å². The van der Waals surface area contributed by atoms with Gasteiger partial charge in [0.1, 0.15) is 0 Å². The Bertz CT molecular complexity index is 975. The van der Waals surface area contributed by atoms with Crippen molar-refractivity contribution in [1.29, 1.82) is 0 Å². The molecule has 9 heteroatoms. The summed E-state index contributed by atoms with van der Waals surface area (Å²) in [4.78, 5) is 35.8. The van der Waals surface area contributed by atoms with Gasteiger partial charge in [-0.3, -0.25) is 15.1 Å². The summed E-state index contributed by atoms with van der Waals surface area (Å²) in [5, 5.41) is 5.64. The molecule has 5 rings (SSSR count). The van der Waals surface area contributed by atoms with Crippen LogP contribution in [0.4, 0.5) is 16.3 Å². The minimum Gasteiger partial charge on any atom is -0.331 e. The van der Waals surface area contributed by atoms with Gasteiger partial charge in [-0.25, -0.2) is 9.78 Å². The Hall–Kier alpha value is -2.26. The molecular weight excluding hydrogens is 406 g/mol. The first-order chi connectivity index (χ1) is 14.0. The van der Waals surface area contributed by atoms with Gasteiger partial charge in [0.05, 0.1) is 28.2 Å². The highest BCUT2D eigenvalue weighted by molar-refractivity contribution is 8.21. The van der Waals surface area contributed by atoms with E-state index in [4.69, 9.17) is 0 Å². The molecule has 0 aliphatic carbocycles. The van der Waals surface area contributed by atoms with Crippen LogP contribution in [0.5, 0.6) is 0 Å². The number of carbonyl (C=O) groups is 2. The molecule has 2 saturated heterocycles. The third-order valence-corrected chi connectivity index (χ3v) is 9.20. The van der Waals surface area contributed by atoms with Crippen LogP contribution in [0.25, 0.3) is 0 Å². The van der Waals surface area contributed by atoms with Crippen molar-refractivity contribution in [3.63, 3.8) is 0 Å². The van der Waals surface area contributed by atoms with Gasteiger partial charge in [-0.2, -0.15) is 0 Å². The van der Waals surface area contributed by atoms with Crippen LogP contribution >= 0.6 is 23.5 Å². The lowest BCUT2D eigenvalue weighted by Gasteiger charge is -2.41. The van der Waals surface area contributed by atoms with Gasteiger partial charge in [-0.1, -0.05) is 6.07 Å². The Kier molecular flexibility index (Phi) is 4.66. The molecule has 1 spiro atoms. The molecule has 2 N–H and O–H groups in total. The van der Waals surface area contributed by atoms with Crippen LogP contribution in [0.2, 0.25) is 0 Å². The number of nitrogens with one attached hydrogen (secondary N) is 2. The highest BCUT2D eigenvalue weighted by atomic mass is 32.2. The molecule has 0 radical (unpaired) electrons. The molecule has 3 amide bonds. The predicted octanol–water partition coefficient (Wildman–Crippen LogP) is 3.90. The largest absolute Gasteiger partial charge is 0.331 e. The van der Waals surface area contributed by atoms with E-state index in [1.165, 1.54) is 6.20 Å². The lowest BCUT2D eigenvalue weighted by atomic mass is 9.95. The number of anilines is 2. The van der Waals surface area contributed by atoms with E-state index in [9.17, 15) is 9.59 Å². The second-order valence-electron chi connectivity index (χ2n) is 7.47. The fourth-order valence-corrected chi connectivity index (χ4v) is 7.58. The number of amides is 3. The molecular formula is C20H21N5O2S2. The van der Waals surface area contributed by atoms with Crippen LogP contribution in [0.3, 0.4) is 0 Å². The number of benzene rings is 1. The third-order valence-electron chi connectivity index (χ3n) is 5.63. The second-order valence-corrected chi connectivity index (χ2v) is 10.7. The molecule has 29 heavy (non-hydrogen) atoms. The molecule has 2 fully saturated rings. The second kappa shape index (κ2) is 7.21. The van der Waals surface area contributed by atoms with E-state index >= 15 is 0 Å². The average molecular weight is 428 g/mol. The fraction of sp³-hybridized carbons (Fsp3) is 0.400. The van der Waals surface area contributed by atoms with Crippen LogP contribution in [0.1, 0.15) is 40.5 Å². The van der Waals surface area contributed by atoms with Gasteiger partial charge < -0.3 is 10.2 Å². The van der Waals surface area contributed by atoms with E-state index in [2.05, 4.69) is 20.6 Å². The van der Waals surface area contributed by atoms with Crippen LogP contribution in [-0.2, 0) is 0 Å². The highest BCUT2D eigenvalue weighted by Crippen LogP contribution is 2.57. The average Bonchev–Trinajstić information content (AvgIpc) is 3.27. The van der Waals surface area contributed by atoms with Crippen molar-refractivity contribution in [2.45, 2.75) is 29.9 Å². The van der Waals surface area contributed by atoms with Crippen molar-refractivity contribution in [1.82, 2.24) is 14.9 Å². The van der Waals surface area contributed by atoms with Crippen molar-refractivity contribution >= 4 is 47.0 Å². The molecule has 7 nitrogen and oxygen atoms in total. The smallest absolute Gasteiger partial charge is 0.324 e. The maximum atomic E-state index is 13.0. The molecule has 1 aromatic heterocycles. The maximum Gasteiger partial charge on any atom is 0.324 e. The van der Waals surface area contributed by atoms with Crippen LogP contribution < -0.4 is 10.6 Å². The number of rotatable bonds is 2. The lowest BCUT2D eigenvalue weighted by Crippen LogP contribution is -2.41. The minimum absolute atomic E-state index is 0.0139. The molecule has 2 aromatic rings. The number of piperidine rings is 1. The molecule has 3 aliphatic heterocycles. The Balaban J connectivity index is 1.41. The first-order valence-corrected chi connectivity index (χ1v) is 11.6.